The molecule has 36 heavy (non-hydrogen) atoms. The number of hydrogen-bond donors (Lipinski definition) is 0. The lowest BCUT2D eigenvalue weighted by atomic mass is 10.1. The standard InChI is InChI=1S/C26H50NO8P/c1-6-8-9-10-11-12-13-14-15-16-17-19-26(29)35-24(22-32-25(28)18-7-2)23-34-36(30,31)33-21-20-27(3,4)5/h10-11,24H,6-9,12-23H2,1-5H3/b11-10-. The molecular formula is C26H50NO8P. The summed E-state index contributed by atoms with van der Waals surface area (Å²) in [6.45, 7) is 3.73. The lowest BCUT2D eigenvalue weighted by molar-refractivity contribution is -0.870. The number of phosphoric acid groups is 1. The van der Waals surface area contributed by atoms with Crippen molar-refractivity contribution in [3.63, 3.8) is 0 Å². The first kappa shape index (κ1) is 34.8. The lowest BCUT2D eigenvalue weighted by Crippen LogP contribution is -2.37. The number of allylic oxidation sites excluding steroid dienone is 2. The van der Waals surface area contributed by atoms with E-state index in [0.717, 1.165) is 38.5 Å². The first-order chi connectivity index (χ1) is 17.0. The van der Waals surface area contributed by atoms with Crippen molar-refractivity contribution in [2.75, 3.05) is 47.5 Å². The number of unbranched alkanes of at least 4 members (excludes halogenated alkanes) is 7. The van der Waals surface area contributed by atoms with E-state index < -0.39 is 32.5 Å². The van der Waals surface area contributed by atoms with E-state index in [9.17, 15) is 19.0 Å². The molecule has 0 rings (SSSR count). The molecule has 0 fully saturated rings. The maximum absolute atomic E-state index is 12.3. The zero-order valence-electron chi connectivity index (χ0n) is 23.2. The van der Waals surface area contributed by atoms with Crippen molar-refractivity contribution in [2.24, 2.45) is 0 Å². The molecule has 0 spiro atoms. The van der Waals surface area contributed by atoms with Gasteiger partial charge in [-0.25, -0.2) is 0 Å². The minimum Gasteiger partial charge on any atom is -0.756 e. The van der Waals surface area contributed by atoms with Gasteiger partial charge in [0.05, 0.1) is 27.7 Å². The molecule has 0 aromatic rings. The summed E-state index contributed by atoms with van der Waals surface area (Å²) >= 11 is 0. The molecule has 0 aromatic carbocycles. The van der Waals surface area contributed by atoms with E-state index in [1.807, 2.05) is 28.1 Å². The van der Waals surface area contributed by atoms with Crippen molar-refractivity contribution in [1.29, 1.82) is 0 Å². The second-order valence-electron chi connectivity index (χ2n) is 10.1. The van der Waals surface area contributed by atoms with Crippen molar-refractivity contribution in [2.45, 2.75) is 97.0 Å². The summed E-state index contributed by atoms with van der Waals surface area (Å²) in [7, 11) is 1.15. The topological polar surface area (TPSA) is 111 Å². The number of rotatable bonds is 23. The van der Waals surface area contributed by atoms with Gasteiger partial charge in [-0.05, 0) is 32.1 Å². The van der Waals surface area contributed by atoms with Crippen molar-refractivity contribution >= 4 is 19.8 Å². The summed E-state index contributed by atoms with van der Waals surface area (Å²) in [4.78, 5) is 36.0. The van der Waals surface area contributed by atoms with Gasteiger partial charge in [0.2, 0.25) is 0 Å². The summed E-state index contributed by atoms with van der Waals surface area (Å²) in [5.74, 6) is -0.913. The normalized spacial score (nSPS) is 14.5. The van der Waals surface area contributed by atoms with Crippen LogP contribution in [-0.4, -0.2) is 70.0 Å². The number of hydrogen-bond acceptors (Lipinski definition) is 8. The molecule has 0 aliphatic heterocycles. The highest BCUT2D eigenvalue weighted by Gasteiger charge is 2.21. The van der Waals surface area contributed by atoms with Gasteiger partial charge in [-0.1, -0.05) is 58.1 Å². The Bertz CT molecular complexity index is 663. The predicted molar refractivity (Wildman–Crippen MR) is 139 cm³/mol. The van der Waals surface area contributed by atoms with Crippen LogP contribution in [0.4, 0.5) is 0 Å². The third-order valence-corrected chi connectivity index (χ3v) is 6.22. The highest BCUT2D eigenvalue weighted by Crippen LogP contribution is 2.38. The molecule has 0 bridgehead atoms. The van der Waals surface area contributed by atoms with Crippen molar-refractivity contribution in [1.82, 2.24) is 0 Å². The maximum atomic E-state index is 12.3. The number of quaternary nitrogens is 1. The highest BCUT2D eigenvalue weighted by atomic mass is 31.2. The molecule has 2 atom stereocenters. The summed E-state index contributed by atoms with van der Waals surface area (Å²) in [5.41, 5.74) is 0. The second kappa shape index (κ2) is 20.8. The molecule has 0 amide bonds. The number of phosphoric ester groups is 1. The van der Waals surface area contributed by atoms with Gasteiger partial charge in [-0.3, -0.25) is 14.2 Å². The summed E-state index contributed by atoms with van der Waals surface area (Å²) in [5, 5.41) is 0. The molecule has 2 unspecified atom stereocenters. The van der Waals surface area contributed by atoms with Crippen LogP contribution in [0.1, 0.15) is 90.9 Å². The van der Waals surface area contributed by atoms with E-state index in [-0.39, 0.29) is 26.1 Å². The summed E-state index contributed by atoms with van der Waals surface area (Å²) < 4.78 is 32.8. The molecule has 0 aliphatic carbocycles. The first-order valence-electron chi connectivity index (χ1n) is 13.4. The third-order valence-electron chi connectivity index (χ3n) is 5.26. The molecule has 0 N–H and O–H groups in total. The Hall–Kier alpha value is -1.25. The fourth-order valence-corrected chi connectivity index (χ4v) is 3.81. The number of carbonyl (C=O) groups is 2. The minimum atomic E-state index is -4.58. The van der Waals surface area contributed by atoms with Gasteiger partial charge in [0.1, 0.15) is 19.8 Å². The minimum absolute atomic E-state index is 0.0324. The lowest BCUT2D eigenvalue weighted by Gasteiger charge is -2.28. The monoisotopic (exact) mass is 535 g/mol. The van der Waals surface area contributed by atoms with E-state index >= 15 is 0 Å². The Balaban J connectivity index is 4.39. The van der Waals surface area contributed by atoms with Crippen LogP contribution < -0.4 is 4.89 Å². The van der Waals surface area contributed by atoms with Gasteiger partial charge in [0, 0.05) is 12.8 Å². The average molecular weight is 536 g/mol. The summed E-state index contributed by atoms with van der Waals surface area (Å²) in [6, 6.07) is 0. The Morgan fingerprint density at radius 2 is 1.47 bits per heavy atom. The number of carbonyl (C=O) groups excluding carboxylic acids is 2. The van der Waals surface area contributed by atoms with Crippen LogP contribution in [0.15, 0.2) is 12.2 Å². The number of likely N-dealkylation sites (N-methyl/N-ethyl adjacent to an activating group) is 1. The molecule has 0 radical (unpaired) electrons. The number of ether oxygens (including phenoxy) is 2. The number of esters is 2. The Labute approximate surface area is 218 Å². The number of nitrogens with zero attached hydrogens (tertiary/aromatic N) is 1. The maximum Gasteiger partial charge on any atom is 0.306 e. The van der Waals surface area contributed by atoms with E-state index in [4.69, 9.17) is 18.5 Å². The van der Waals surface area contributed by atoms with Crippen molar-refractivity contribution < 1.29 is 42.1 Å². The summed E-state index contributed by atoms with van der Waals surface area (Å²) in [6.07, 6.45) is 14.1. The highest BCUT2D eigenvalue weighted by molar-refractivity contribution is 7.45. The molecule has 10 heteroatoms. The van der Waals surface area contributed by atoms with Gasteiger partial charge in [0.25, 0.3) is 7.82 Å². The molecule has 212 valence electrons. The molecular weight excluding hydrogens is 485 g/mol. The molecule has 9 nitrogen and oxygen atoms in total. The molecule has 0 saturated heterocycles. The smallest absolute Gasteiger partial charge is 0.306 e. The second-order valence-corrected chi connectivity index (χ2v) is 11.5. The van der Waals surface area contributed by atoms with Crippen LogP contribution in [0.2, 0.25) is 0 Å². The predicted octanol–water partition coefficient (Wildman–Crippen LogP) is 4.93. The van der Waals surface area contributed by atoms with E-state index in [2.05, 4.69) is 19.1 Å². The SMILES string of the molecule is CCCC/C=C\CCCCCCCC(=O)OC(COC(=O)CCC)COP(=O)([O-])OCC[N+](C)(C)C. The van der Waals surface area contributed by atoms with E-state index in [0.29, 0.717) is 23.9 Å². The Morgan fingerprint density at radius 1 is 0.833 bits per heavy atom. The third kappa shape index (κ3) is 23.2. The van der Waals surface area contributed by atoms with Crippen LogP contribution in [0.25, 0.3) is 0 Å². The van der Waals surface area contributed by atoms with Crippen molar-refractivity contribution in [3.8, 4) is 0 Å². The van der Waals surface area contributed by atoms with Gasteiger partial charge in [0.15, 0.2) is 6.10 Å². The van der Waals surface area contributed by atoms with E-state index in [1.54, 1.807) is 0 Å². The molecule has 0 aromatic heterocycles. The van der Waals surface area contributed by atoms with Crippen LogP contribution in [0.5, 0.6) is 0 Å². The largest absolute Gasteiger partial charge is 0.756 e. The molecule has 0 heterocycles. The molecule has 0 saturated carbocycles. The Kier molecular flexibility index (Phi) is 20.0. The van der Waals surface area contributed by atoms with Crippen LogP contribution in [0.3, 0.4) is 0 Å². The van der Waals surface area contributed by atoms with Crippen LogP contribution in [-0.2, 0) is 32.7 Å². The fourth-order valence-electron chi connectivity index (χ4n) is 3.08. The van der Waals surface area contributed by atoms with Gasteiger partial charge < -0.3 is 27.9 Å². The van der Waals surface area contributed by atoms with Gasteiger partial charge in [-0.2, -0.15) is 0 Å². The zero-order valence-corrected chi connectivity index (χ0v) is 24.1. The Morgan fingerprint density at radius 3 is 2.11 bits per heavy atom. The zero-order chi connectivity index (χ0) is 27.3. The van der Waals surface area contributed by atoms with E-state index in [1.165, 1.54) is 12.8 Å². The fraction of sp³-hybridized carbons (Fsp3) is 0.846. The van der Waals surface area contributed by atoms with Crippen molar-refractivity contribution in [3.05, 3.63) is 12.2 Å². The van der Waals surface area contributed by atoms with Crippen LogP contribution in [0, 0.1) is 0 Å². The average Bonchev–Trinajstić information content (AvgIpc) is 2.78. The quantitative estimate of drug-likeness (QED) is 0.0596. The van der Waals surface area contributed by atoms with Gasteiger partial charge >= 0.3 is 11.9 Å². The van der Waals surface area contributed by atoms with Gasteiger partial charge in [-0.15, -0.1) is 0 Å². The first-order valence-corrected chi connectivity index (χ1v) is 14.9. The van der Waals surface area contributed by atoms with Crippen LogP contribution >= 0.6 is 7.82 Å². The molecule has 0 aliphatic rings.